The predicted molar refractivity (Wildman–Crippen MR) is 157 cm³/mol. The van der Waals surface area contributed by atoms with E-state index in [4.69, 9.17) is 9.47 Å². The van der Waals surface area contributed by atoms with E-state index in [1.807, 2.05) is 26.8 Å². The van der Waals surface area contributed by atoms with Crippen molar-refractivity contribution in [2.75, 3.05) is 14.2 Å². The number of carbonyl (C=O) groups excluding carboxylic acids is 2. The number of nitrogens with zero attached hydrogens (tertiary/aromatic N) is 3. The molecule has 8 nitrogen and oxygen atoms in total. The molecular formula is C33H32F2N4O4. The molecule has 0 saturated carbocycles. The number of amides is 2. The lowest BCUT2D eigenvalue weighted by Gasteiger charge is -2.20. The highest BCUT2D eigenvalue weighted by molar-refractivity contribution is 6.00. The summed E-state index contributed by atoms with van der Waals surface area (Å²) in [5.41, 5.74) is 2.44. The first kappa shape index (κ1) is 29.6. The second-order valence-electron chi connectivity index (χ2n) is 11.3. The number of fused-ring (bicyclic) bond motifs is 1. The first-order valence-electron chi connectivity index (χ1n) is 13.7. The number of hydrogen-bond acceptors (Lipinski definition) is 6. The van der Waals surface area contributed by atoms with Gasteiger partial charge in [-0.1, -0.05) is 6.07 Å². The van der Waals surface area contributed by atoms with Crippen molar-refractivity contribution >= 4 is 11.8 Å². The van der Waals surface area contributed by atoms with E-state index in [9.17, 15) is 18.4 Å². The lowest BCUT2D eigenvalue weighted by atomic mass is 9.98. The van der Waals surface area contributed by atoms with E-state index in [0.717, 1.165) is 5.56 Å². The van der Waals surface area contributed by atoms with E-state index in [-0.39, 0.29) is 42.6 Å². The van der Waals surface area contributed by atoms with Gasteiger partial charge in [-0.05, 0) is 68.8 Å². The molecule has 2 aromatic heterocycles. The highest BCUT2D eigenvalue weighted by Gasteiger charge is 2.33. The van der Waals surface area contributed by atoms with Crippen LogP contribution in [0.2, 0.25) is 0 Å². The third-order valence-electron chi connectivity index (χ3n) is 7.04. The maximum Gasteiger partial charge on any atom is 0.256 e. The third-order valence-corrected chi connectivity index (χ3v) is 7.04. The van der Waals surface area contributed by atoms with Crippen molar-refractivity contribution in [3.63, 3.8) is 0 Å². The molecule has 4 aromatic rings. The lowest BCUT2D eigenvalue weighted by molar-refractivity contribution is 0.0764. The average molecular weight is 587 g/mol. The van der Waals surface area contributed by atoms with Crippen LogP contribution in [-0.4, -0.2) is 46.4 Å². The summed E-state index contributed by atoms with van der Waals surface area (Å²) in [4.78, 5) is 37.0. The Morgan fingerprint density at radius 3 is 2.35 bits per heavy atom. The Balaban J connectivity index is 1.51. The second kappa shape index (κ2) is 11.8. The van der Waals surface area contributed by atoms with E-state index in [1.54, 1.807) is 43.4 Å². The molecule has 0 unspecified atom stereocenters. The van der Waals surface area contributed by atoms with Gasteiger partial charge < -0.3 is 19.7 Å². The minimum Gasteiger partial charge on any atom is -0.497 e. The highest BCUT2D eigenvalue weighted by atomic mass is 19.1. The molecule has 10 heteroatoms. The Kier molecular flexibility index (Phi) is 8.12. The van der Waals surface area contributed by atoms with Gasteiger partial charge in [-0.25, -0.2) is 13.8 Å². The van der Waals surface area contributed by atoms with Crippen LogP contribution in [0.4, 0.5) is 8.78 Å². The Morgan fingerprint density at radius 1 is 0.977 bits per heavy atom. The van der Waals surface area contributed by atoms with Gasteiger partial charge in [-0.3, -0.25) is 14.6 Å². The van der Waals surface area contributed by atoms with Crippen LogP contribution in [0, 0.1) is 11.6 Å². The van der Waals surface area contributed by atoms with Gasteiger partial charge in [0, 0.05) is 35.5 Å². The molecule has 1 N–H and O–H groups in total. The summed E-state index contributed by atoms with van der Waals surface area (Å²) >= 11 is 0. The van der Waals surface area contributed by atoms with Crippen molar-refractivity contribution in [2.45, 2.75) is 45.8 Å². The number of benzene rings is 2. The number of carbonyl (C=O) groups is 2. The number of rotatable bonds is 8. The molecule has 0 saturated heterocycles. The van der Waals surface area contributed by atoms with Gasteiger partial charge >= 0.3 is 0 Å². The van der Waals surface area contributed by atoms with Gasteiger partial charge in [-0.15, -0.1) is 0 Å². The minimum atomic E-state index is -0.755. The first-order valence-corrected chi connectivity index (χ1v) is 13.7. The molecule has 5 rings (SSSR count). The van der Waals surface area contributed by atoms with Crippen molar-refractivity contribution in [1.29, 1.82) is 0 Å². The number of hydrogen-bond donors (Lipinski definition) is 1. The third kappa shape index (κ3) is 6.33. The van der Waals surface area contributed by atoms with Crippen LogP contribution in [0.1, 0.15) is 64.0 Å². The van der Waals surface area contributed by atoms with Crippen LogP contribution in [0.15, 0.2) is 60.8 Å². The Hall–Kier alpha value is -4.86. The first-order chi connectivity index (χ1) is 20.5. The van der Waals surface area contributed by atoms with E-state index < -0.39 is 17.2 Å². The zero-order valence-electron chi connectivity index (χ0n) is 24.6. The lowest BCUT2D eigenvalue weighted by Crippen LogP contribution is -2.40. The summed E-state index contributed by atoms with van der Waals surface area (Å²) in [7, 11) is 3.10. The maximum atomic E-state index is 14.8. The monoisotopic (exact) mass is 586 g/mol. The average Bonchev–Trinajstić information content (AvgIpc) is 3.27. The molecule has 0 bridgehead atoms. The van der Waals surface area contributed by atoms with E-state index in [2.05, 4.69) is 15.3 Å². The largest absolute Gasteiger partial charge is 0.497 e. The highest BCUT2D eigenvalue weighted by Crippen LogP contribution is 2.34. The van der Waals surface area contributed by atoms with Crippen molar-refractivity contribution in [3.05, 3.63) is 106 Å². The molecule has 2 aromatic carbocycles. The number of methoxy groups -OCH3 is 2. The van der Waals surface area contributed by atoms with Crippen molar-refractivity contribution in [2.24, 2.45) is 0 Å². The fourth-order valence-corrected chi connectivity index (χ4v) is 5.04. The van der Waals surface area contributed by atoms with Gasteiger partial charge in [0.05, 0.1) is 55.4 Å². The fraction of sp³-hybridized carbons (Fsp3) is 0.273. The maximum absolute atomic E-state index is 14.8. The van der Waals surface area contributed by atoms with Gasteiger partial charge in [0.25, 0.3) is 11.8 Å². The summed E-state index contributed by atoms with van der Waals surface area (Å²) in [6.45, 7) is 6.02. The zero-order valence-corrected chi connectivity index (χ0v) is 24.6. The minimum absolute atomic E-state index is 0.0854. The number of halogens is 2. The number of aromatic nitrogens is 2. The van der Waals surface area contributed by atoms with E-state index in [1.165, 1.54) is 30.5 Å². The summed E-state index contributed by atoms with van der Waals surface area (Å²) in [5.74, 6) is -0.855. The molecule has 222 valence electrons. The van der Waals surface area contributed by atoms with E-state index in [0.29, 0.717) is 39.6 Å². The van der Waals surface area contributed by atoms with Crippen LogP contribution < -0.4 is 14.8 Å². The molecule has 0 aliphatic carbocycles. The summed E-state index contributed by atoms with van der Waals surface area (Å²) < 4.78 is 40.5. The Labute approximate surface area is 248 Å². The van der Waals surface area contributed by atoms with Crippen molar-refractivity contribution in [3.8, 4) is 22.8 Å². The second-order valence-corrected chi connectivity index (χ2v) is 11.3. The Morgan fingerprint density at radius 2 is 1.72 bits per heavy atom. The molecule has 0 fully saturated rings. The van der Waals surface area contributed by atoms with Crippen LogP contribution in [0.3, 0.4) is 0 Å². The Bertz CT molecular complexity index is 1680. The summed E-state index contributed by atoms with van der Waals surface area (Å²) in [5, 5.41) is 2.90. The molecule has 0 atom stereocenters. The summed E-state index contributed by atoms with van der Waals surface area (Å²) in [6, 6.07) is 13.9. The molecule has 0 spiro atoms. The van der Waals surface area contributed by atoms with Gasteiger partial charge in [0.15, 0.2) is 0 Å². The standard InChI is InChI=1S/C33H32F2N4O4/c1-33(2,3)38-31(40)19-9-11-22(36-16-19)13-21-14-26(30-24(34)7-6-8-25(30)35)37-27-18-39(32(41)29(21)27)17-20-10-12-23(42-4)15-28(20)43-5/h6-12,14-16H,13,17-18H2,1-5H3,(H,38,40). The SMILES string of the molecule is COc1ccc(CN2Cc3nc(-c4c(F)cccc4F)cc(Cc4ccc(C(=O)NC(C)(C)C)cn4)c3C2=O)c(OC)c1. The quantitative estimate of drug-likeness (QED) is 0.284. The van der Waals surface area contributed by atoms with Crippen LogP contribution in [0.25, 0.3) is 11.3 Å². The van der Waals surface area contributed by atoms with Gasteiger partial charge in [0.2, 0.25) is 0 Å². The molecular weight excluding hydrogens is 554 g/mol. The molecule has 3 heterocycles. The zero-order chi connectivity index (χ0) is 30.9. The normalized spacial score (nSPS) is 12.7. The molecule has 0 radical (unpaired) electrons. The number of nitrogens with one attached hydrogen (secondary N) is 1. The smallest absolute Gasteiger partial charge is 0.256 e. The topological polar surface area (TPSA) is 93.6 Å². The van der Waals surface area contributed by atoms with Gasteiger partial charge in [0.1, 0.15) is 23.1 Å². The number of pyridine rings is 2. The molecule has 1 aliphatic rings. The van der Waals surface area contributed by atoms with Gasteiger partial charge in [-0.2, -0.15) is 0 Å². The number of ether oxygens (including phenoxy) is 2. The fourth-order valence-electron chi connectivity index (χ4n) is 5.04. The van der Waals surface area contributed by atoms with Crippen LogP contribution in [0.5, 0.6) is 11.5 Å². The predicted octanol–water partition coefficient (Wildman–Crippen LogP) is 5.71. The summed E-state index contributed by atoms with van der Waals surface area (Å²) in [6.07, 6.45) is 1.65. The molecule has 43 heavy (non-hydrogen) atoms. The van der Waals surface area contributed by atoms with Crippen molar-refractivity contribution in [1.82, 2.24) is 20.2 Å². The van der Waals surface area contributed by atoms with Crippen molar-refractivity contribution < 1.29 is 27.8 Å². The van der Waals surface area contributed by atoms with Crippen LogP contribution >= 0.6 is 0 Å². The van der Waals surface area contributed by atoms with Crippen LogP contribution in [-0.2, 0) is 19.5 Å². The van der Waals surface area contributed by atoms with E-state index >= 15 is 0 Å². The molecule has 2 amide bonds. The molecule has 1 aliphatic heterocycles.